The van der Waals surface area contributed by atoms with Crippen LogP contribution in [0.4, 0.5) is 0 Å². The van der Waals surface area contributed by atoms with Gasteiger partial charge in [0.2, 0.25) is 10.0 Å². The molecule has 2 rings (SSSR count). The molecule has 1 aromatic heterocycles. The molecule has 1 aliphatic rings. The lowest BCUT2D eigenvalue weighted by Crippen LogP contribution is -2.40. The Morgan fingerprint density at radius 3 is 2.88 bits per heavy atom. The average Bonchev–Trinajstić information content (AvgIpc) is 2.59. The van der Waals surface area contributed by atoms with Crippen LogP contribution >= 0.6 is 0 Å². The van der Waals surface area contributed by atoms with Gasteiger partial charge in [-0.3, -0.25) is 0 Å². The molecule has 0 N–H and O–H groups in total. The Morgan fingerprint density at radius 1 is 1.38 bits per heavy atom. The molecule has 0 bridgehead atoms. The molecule has 1 aromatic rings. The van der Waals surface area contributed by atoms with E-state index >= 15 is 0 Å². The van der Waals surface area contributed by atoms with Crippen molar-refractivity contribution >= 4 is 10.0 Å². The number of rotatable bonds is 8. The zero-order valence-corrected chi connectivity index (χ0v) is 15.8. The maximum absolute atomic E-state index is 12.5. The van der Waals surface area contributed by atoms with Crippen molar-refractivity contribution in [3.63, 3.8) is 0 Å². The number of aryl methyl sites for hydroxylation is 1. The molecule has 1 saturated heterocycles. The first-order chi connectivity index (χ1) is 11.5. The summed E-state index contributed by atoms with van der Waals surface area (Å²) >= 11 is 0. The first-order valence-electron chi connectivity index (χ1n) is 8.86. The summed E-state index contributed by atoms with van der Waals surface area (Å²) in [6.45, 7) is 8.08. The van der Waals surface area contributed by atoms with Gasteiger partial charge in [0.25, 0.3) is 0 Å². The molecule has 0 amide bonds. The zero-order valence-electron chi connectivity index (χ0n) is 15.0. The molecular formula is C17H29N3O3S. The van der Waals surface area contributed by atoms with Gasteiger partial charge in [-0.05, 0) is 33.1 Å². The molecule has 1 aliphatic heterocycles. The minimum atomic E-state index is -3.17. The number of nitrogens with zero attached hydrogens (tertiary/aromatic N) is 3. The Kier molecular flexibility index (Phi) is 7.13. The highest BCUT2D eigenvalue weighted by Gasteiger charge is 2.31. The molecule has 24 heavy (non-hydrogen) atoms. The second-order valence-electron chi connectivity index (χ2n) is 6.33. The highest BCUT2D eigenvalue weighted by atomic mass is 32.2. The molecule has 6 nitrogen and oxygen atoms in total. The van der Waals surface area contributed by atoms with Crippen LogP contribution in [-0.4, -0.2) is 48.1 Å². The summed E-state index contributed by atoms with van der Waals surface area (Å²) in [5.41, 5.74) is 1.92. The van der Waals surface area contributed by atoms with Crippen molar-refractivity contribution in [2.24, 2.45) is 0 Å². The van der Waals surface area contributed by atoms with E-state index < -0.39 is 10.0 Å². The van der Waals surface area contributed by atoms with E-state index in [4.69, 9.17) is 4.74 Å². The molecule has 7 heteroatoms. The summed E-state index contributed by atoms with van der Waals surface area (Å²) in [5, 5.41) is 0. The third-order valence-corrected chi connectivity index (χ3v) is 6.32. The van der Waals surface area contributed by atoms with Crippen LogP contribution in [-0.2, 0) is 21.4 Å². The standard InChI is InChI=1S/C17H29N3O3S/c1-4-6-10-24(21,22)20-9-7-8-15(12-20)17-16(13-23-5-2)11-18-14(3)19-17/h11,15H,4-10,12-13H2,1-3H3. The third-order valence-electron chi connectivity index (χ3n) is 4.40. The summed E-state index contributed by atoms with van der Waals surface area (Å²) in [6, 6.07) is 0. The zero-order chi connectivity index (χ0) is 17.6. The van der Waals surface area contributed by atoms with Crippen LogP contribution in [0.3, 0.4) is 0 Å². The van der Waals surface area contributed by atoms with E-state index in [0.29, 0.717) is 32.7 Å². The van der Waals surface area contributed by atoms with Gasteiger partial charge >= 0.3 is 0 Å². The number of piperidine rings is 1. The van der Waals surface area contributed by atoms with Crippen LogP contribution in [0.25, 0.3) is 0 Å². The topological polar surface area (TPSA) is 72.4 Å². The van der Waals surface area contributed by atoms with Crippen molar-refractivity contribution in [2.75, 3.05) is 25.4 Å². The number of unbranched alkanes of at least 4 members (excludes halogenated alkanes) is 1. The van der Waals surface area contributed by atoms with Crippen LogP contribution in [0.2, 0.25) is 0 Å². The molecule has 0 radical (unpaired) electrons. The van der Waals surface area contributed by atoms with E-state index in [1.54, 1.807) is 4.31 Å². The molecule has 0 spiro atoms. The molecular weight excluding hydrogens is 326 g/mol. The molecule has 1 fully saturated rings. The van der Waals surface area contributed by atoms with Gasteiger partial charge in [-0.25, -0.2) is 22.7 Å². The fourth-order valence-electron chi connectivity index (χ4n) is 3.06. The second kappa shape index (κ2) is 8.87. The molecule has 0 aliphatic carbocycles. The van der Waals surface area contributed by atoms with Crippen molar-refractivity contribution in [1.29, 1.82) is 0 Å². The van der Waals surface area contributed by atoms with Gasteiger partial charge in [0.1, 0.15) is 5.82 Å². The van der Waals surface area contributed by atoms with Crippen molar-refractivity contribution in [2.45, 2.75) is 59.0 Å². The van der Waals surface area contributed by atoms with Gasteiger partial charge in [-0.2, -0.15) is 0 Å². The Morgan fingerprint density at radius 2 is 2.17 bits per heavy atom. The van der Waals surface area contributed by atoms with E-state index in [-0.39, 0.29) is 11.7 Å². The van der Waals surface area contributed by atoms with Gasteiger partial charge in [0.05, 0.1) is 18.1 Å². The molecule has 0 aromatic carbocycles. The van der Waals surface area contributed by atoms with Crippen LogP contribution in [0, 0.1) is 6.92 Å². The van der Waals surface area contributed by atoms with Crippen molar-refractivity contribution in [1.82, 2.24) is 14.3 Å². The summed E-state index contributed by atoms with van der Waals surface area (Å²) in [6.07, 6.45) is 5.24. The Bertz CT molecular complexity index is 634. The average molecular weight is 356 g/mol. The summed E-state index contributed by atoms with van der Waals surface area (Å²) < 4.78 is 32.2. The number of hydrogen-bond acceptors (Lipinski definition) is 5. The fourth-order valence-corrected chi connectivity index (χ4v) is 4.79. The molecule has 136 valence electrons. The fraction of sp³-hybridized carbons (Fsp3) is 0.765. The molecule has 1 atom stereocenters. The van der Waals surface area contributed by atoms with Gasteiger partial charge in [0, 0.05) is 37.4 Å². The van der Waals surface area contributed by atoms with Crippen molar-refractivity contribution in [3.8, 4) is 0 Å². The molecule has 2 heterocycles. The number of hydrogen-bond donors (Lipinski definition) is 0. The van der Waals surface area contributed by atoms with Crippen LogP contribution < -0.4 is 0 Å². The van der Waals surface area contributed by atoms with E-state index in [9.17, 15) is 8.42 Å². The second-order valence-corrected chi connectivity index (χ2v) is 8.42. The lowest BCUT2D eigenvalue weighted by Gasteiger charge is -2.32. The van der Waals surface area contributed by atoms with Crippen LogP contribution in [0.1, 0.15) is 62.5 Å². The van der Waals surface area contributed by atoms with E-state index in [1.807, 2.05) is 27.0 Å². The monoisotopic (exact) mass is 355 g/mol. The Labute approximate surface area is 145 Å². The van der Waals surface area contributed by atoms with Gasteiger partial charge in [-0.1, -0.05) is 13.3 Å². The normalized spacial score (nSPS) is 19.5. The SMILES string of the molecule is CCCCS(=O)(=O)N1CCCC(c2nc(C)ncc2COCC)C1. The minimum absolute atomic E-state index is 0.118. The van der Waals surface area contributed by atoms with E-state index in [1.165, 1.54) is 0 Å². The Hall–Kier alpha value is -1.05. The lowest BCUT2D eigenvalue weighted by molar-refractivity contribution is 0.132. The first-order valence-corrected chi connectivity index (χ1v) is 10.5. The maximum atomic E-state index is 12.5. The van der Waals surface area contributed by atoms with Gasteiger partial charge in [-0.15, -0.1) is 0 Å². The number of sulfonamides is 1. The van der Waals surface area contributed by atoms with E-state index in [0.717, 1.165) is 36.3 Å². The maximum Gasteiger partial charge on any atom is 0.214 e. The summed E-state index contributed by atoms with van der Waals surface area (Å²) in [4.78, 5) is 8.89. The highest BCUT2D eigenvalue weighted by Crippen LogP contribution is 2.29. The molecule has 0 saturated carbocycles. The smallest absolute Gasteiger partial charge is 0.214 e. The summed E-state index contributed by atoms with van der Waals surface area (Å²) in [5.74, 6) is 1.08. The van der Waals surface area contributed by atoms with Gasteiger partial charge < -0.3 is 4.74 Å². The predicted octanol–water partition coefficient (Wildman–Crippen LogP) is 2.63. The predicted molar refractivity (Wildman–Crippen MR) is 94.3 cm³/mol. The van der Waals surface area contributed by atoms with Crippen molar-refractivity contribution < 1.29 is 13.2 Å². The third kappa shape index (κ3) is 4.97. The van der Waals surface area contributed by atoms with E-state index in [2.05, 4.69) is 9.97 Å². The highest BCUT2D eigenvalue weighted by molar-refractivity contribution is 7.89. The van der Waals surface area contributed by atoms with Gasteiger partial charge in [0.15, 0.2) is 0 Å². The minimum Gasteiger partial charge on any atom is -0.377 e. The number of ether oxygens (including phenoxy) is 1. The molecule has 1 unspecified atom stereocenters. The summed E-state index contributed by atoms with van der Waals surface area (Å²) in [7, 11) is -3.17. The first kappa shape index (κ1) is 19.3. The van der Waals surface area contributed by atoms with Crippen LogP contribution in [0.5, 0.6) is 0 Å². The number of aromatic nitrogens is 2. The quantitative estimate of drug-likeness (QED) is 0.717. The Balaban J connectivity index is 2.18. The van der Waals surface area contributed by atoms with Crippen LogP contribution in [0.15, 0.2) is 6.20 Å². The largest absolute Gasteiger partial charge is 0.377 e. The van der Waals surface area contributed by atoms with Crippen molar-refractivity contribution in [3.05, 3.63) is 23.3 Å². The lowest BCUT2D eigenvalue weighted by atomic mass is 9.93.